The van der Waals surface area contributed by atoms with Crippen molar-refractivity contribution in [1.82, 2.24) is 0 Å². The molecular formula is C15H20O5. The van der Waals surface area contributed by atoms with E-state index in [1.54, 1.807) is 24.3 Å². The fourth-order valence-electron chi connectivity index (χ4n) is 1.37. The lowest BCUT2D eigenvalue weighted by Crippen LogP contribution is -2.02. The summed E-state index contributed by atoms with van der Waals surface area (Å²) in [7, 11) is 1.36. The fourth-order valence-corrected chi connectivity index (χ4v) is 1.37. The Kier molecular flexibility index (Phi) is 10.4. The molecule has 0 aliphatic rings. The number of hydrogen-bond acceptors (Lipinski definition) is 5. The van der Waals surface area contributed by atoms with Crippen LogP contribution in [0.2, 0.25) is 0 Å². The molecule has 0 aliphatic heterocycles. The first-order valence-corrected chi connectivity index (χ1v) is 6.10. The van der Waals surface area contributed by atoms with Crippen LogP contribution >= 0.6 is 0 Å². The van der Waals surface area contributed by atoms with Gasteiger partial charge in [0.1, 0.15) is 12.5 Å². The van der Waals surface area contributed by atoms with Crippen LogP contribution in [0.5, 0.6) is 5.75 Å². The average Bonchev–Trinajstić information content (AvgIpc) is 2.52. The monoisotopic (exact) mass is 280 g/mol. The maximum atomic E-state index is 11.2. The first-order valence-electron chi connectivity index (χ1n) is 6.10. The van der Waals surface area contributed by atoms with Gasteiger partial charge >= 0.3 is 5.97 Å². The van der Waals surface area contributed by atoms with Gasteiger partial charge in [-0.3, -0.25) is 0 Å². The lowest BCUT2D eigenvalue weighted by Gasteiger charge is -2.06. The van der Waals surface area contributed by atoms with Gasteiger partial charge in [-0.1, -0.05) is 6.58 Å². The molecule has 0 N–H and O–H groups in total. The number of esters is 1. The molecule has 0 fully saturated rings. The van der Waals surface area contributed by atoms with Gasteiger partial charge in [0.2, 0.25) is 0 Å². The quantitative estimate of drug-likeness (QED) is 0.416. The highest BCUT2D eigenvalue weighted by Crippen LogP contribution is 2.13. The number of hydrogen-bond donors (Lipinski definition) is 0. The SMILES string of the molecule is C=COCCCCOc1ccc(C(=O)OC)cc1.C=O. The smallest absolute Gasteiger partial charge is 0.337 e. The zero-order valence-corrected chi connectivity index (χ0v) is 11.7. The van der Waals surface area contributed by atoms with Crippen LogP contribution in [0.15, 0.2) is 37.1 Å². The van der Waals surface area contributed by atoms with Crippen LogP contribution in [0.3, 0.4) is 0 Å². The summed E-state index contributed by atoms with van der Waals surface area (Å²) < 4.78 is 15.1. The van der Waals surface area contributed by atoms with Crippen molar-refractivity contribution in [2.45, 2.75) is 12.8 Å². The minimum atomic E-state index is -0.344. The molecule has 0 aliphatic carbocycles. The number of benzene rings is 1. The van der Waals surface area contributed by atoms with Crippen LogP contribution < -0.4 is 4.74 Å². The summed E-state index contributed by atoms with van der Waals surface area (Å²) in [6.45, 7) is 6.75. The lowest BCUT2D eigenvalue weighted by molar-refractivity contribution is -0.0980. The summed E-state index contributed by atoms with van der Waals surface area (Å²) in [4.78, 5) is 19.2. The second-order valence-corrected chi connectivity index (χ2v) is 3.61. The lowest BCUT2D eigenvalue weighted by atomic mass is 10.2. The van der Waals surface area contributed by atoms with Crippen LogP contribution in [0.4, 0.5) is 0 Å². The van der Waals surface area contributed by atoms with Crippen LogP contribution in [-0.4, -0.2) is 33.1 Å². The van der Waals surface area contributed by atoms with Crippen molar-refractivity contribution in [2.75, 3.05) is 20.3 Å². The molecule has 0 saturated carbocycles. The summed E-state index contributed by atoms with van der Waals surface area (Å²) in [5.74, 6) is 0.399. The Hall–Kier alpha value is -2.30. The van der Waals surface area contributed by atoms with E-state index in [0.29, 0.717) is 18.8 Å². The number of ether oxygens (including phenoxy) is 3. The predicted octanol–water partition coefficient (Wildman–Crippen LogP) is 2.61. The molecule has 20 heavy (non-hydrogen) atoms. The highest BCUT2D eigenvalue weighted by Gasteiger charge is 2.04. The third-order valence-electron chi connectivity index (χ3n) is 2.32. The van der Waals surface area contributed by atoms with Crippen LogP contribution in [-0.2, 0) is 14.3 Å². The van der Waals surface area contributed by atoms with E-state index in [0.717, 1.165) is 18.6 Å². The van der Waals surface area contributed by atoms with E-state index in [2.05, 4.69) is 11.3 Å². The number of carbonyl (C=O) groups excluding carboxylic acids is 2. The number of carbonyl (C=O) groups is 2. The van der Waals surface area contributed by atoms with Gasteiger partial charge < -0.3 is 19.0 Å². The molecule has 5 heteroatoms. The normalized spacial score (nSPS) is 8.85. The van der Waals surface area contributed by atoms with Gasteiger partial charge in [-0.25, -0.2) is 4.79 Å². The van der Waals surface area contributed by atoms with Crippen molar-refractivity contribution in [3.63, 3.8) is 0 Å². The molecule has 0 amide bonds. The van der Waals surface area contributed by atoms with Crippen LogP contribution in [0.25, 0.3) is 0 Å². The van der Waals surface area contributed by atoms with Gasteiger partial charge in [0.15, 0.2) is 0 Å². The molecule has 0 atom stereocenters. The number of unbranched alkanes of at least 4 members (excludes halogenated alkanes) is 1. The van der Waals surface area contributed by atoms with Gasteiger partial charge in [-0.05, 0) is 37.1 Å². The topological polar surface area (TPSA) is 61.8 Å². The Labute approximate surface area is 119 Å². The molecule has 0 spiro atoms. The van der Waals surface area contributed by atoms with Gasteiger partial charge in [0, 0.05) is 0 Å². The Bertz CT molecular complexity index is 386. The molecule has 1 aromatic carbocycles. The molecule has 0 unspecified atom stereocenters. The average molecular weight is 280 g/mol. The van der Waals surface area contributed by atoms with E-state index in [-0.39, 0.29) is 5.97 Å². The van der Waals surface area contributed by atoms with E-state index in [9.17, 15) is 4.79 Å². The molecule has 110 valence electrons. The number of methoxy groups -OCH3 is 1. The predicted molar refractivity (Wildman–Crippen MR) is 75.8 cm³/mol. The molecule has 1 rings (SSSR count). The van der Waals surface area contributed by atoms with Gasteiger partial charge in [-0.2, -0.15) is 0 Å². The summed E-state index contributed by atoms with van der Waals surface area (Å²) in [5.41, 5.74) is 0.518. The first-order chi connectivity index (χ1) is 9.77. The van der Waals surface area contributed by atoms with Crippen molar-refractivity contribution in [3.8, 4) is 5.75 Å². The zero-order valence-electron chi connectivity index (χ0n) is 11.7. The largest absolute Gasteiger partial charge is 0.502 e. The van der Waals surface area contributed by atoms with Crippen LogP contribution in [0.1, 0.15) is 23.2 Å². The summed E-state index contributed by atoms with van der Waals surface area (Å²) >= 11 is 0. The standard InChI is InChI=1S/C14H18O4.CH2O/c1-3-17-10-4-5-11-18-13-8-6-12(7-9-13)14(15)16-2;1-2/h3,6-9H,1,4-5,10-11H2,2H3;1H2. The van der Waals surface area contributed by atoms with E-state index in [1.807, 2.05) is 6.79 Å². The van der Waals surface area contributed by atoms with E-state index in [1.165, 1.54) is 13.4 Å². The minimum absolute atomic E-state index is 0.344. The molecular weight excluding hydrogens is 260 g/mol. The molecule has 0 heterocycles. The fraction of sp³-hybridized carbons (Fsp3) is 0.333. The van der Waals surface area contributed by atoms with Gasteiger partial charge in [-0.15, -0.1) is 0 Å². The molecule has 0 bridgehead atoms. The minimum Gasteiger partial charge on any atom is -0.502 e. The molecule has 5 nitrogen and oxygen atoms in total. The van der Waals surface area contributed by atoms with E-state index >= 15 is 0 Å². The third kappa shape index (κ3) is 7.20. The van der Waals surface area contributed by atoms with Crippen molar-refractivity contribution in [1.29, 1.82) is 0 Å². The Morgan fingerprint density at radius 1 is 1.15 bits per heavy atom. The van der Waals surface area contributed by atoms with Crippen molar-refractivity contribution >= 4 is 12.8 Å². The molecule has 0 radical (unpaired) electrons. The molecule has 1 aromatic rings. The van der Waals surface area contributed by atoms with Crippen molar-refractivity contribution in [2.24, 2.45) is 0 Å². The highest BCUT2D eigenvalue weighted by molar-refractivity contribution is 5.89. The van der Waals surface area contributed by atoms with E-state index < -0.39 is 0 Å². The maximum Gasteiger partial charge on any atom is 0.337 e. The zero-order chi connectivity index (χ0) is 15.2. The van der Waals surface area contributed by atoms with Crippen LogP contribution in [0, 0.1) is 0 Å². The Morgan fingerprint density at radius 2 is 1.75 bits per heavy atom. The Morgan fingerprint density at radius 3 is 2.30 bits per heavy atom. The van der Waals surface area contributed by atoms with Crippen molar-refractivity contribution < 1.29 is 23.8 Å². The number of rotatable bonds is 8. The van der Waals surface area contributed by atoms with Gasteiger partial charge in [0.05, 0.1) is 32.1 Å². The second-order valence-electron chi connectivity index (χ2n) is 3.61. The molecule has 0 aromatic heterocycles. The second kappa shape index (κ2) is 11.8. The summed E-state index contributed by atoms with van der Waals surface area (Å²) in [6.07, 6.45) is 3.27. The van der Waals surface area contributed by atoms with Crippen molar-refractivity contribution in [3.05, 3.63) is 42.7 Å². The first kappa shape index (κ1) is 17.7. The highest BCUT2D eigenvalue weighted by atomic mass is 16.5. The summed E-state index contributed by atoms with van der Waals surface area (Å²) in [5, 5.41) is 0. The Balaban J connectivity index is 0.00000172. The third-order valence-corrected chi connectivity index (χ3v) is 2.32. The molecule has 0 saturated heterocycles. The van der Waals surface area contributed by atoms with Gasteiger partial charge in [0.25, 0.3) is 0 Å². The maximum absolute atomic E-state index is 11.2. The van der Waals surface area contributed by atoms with E-state index in [4.69, 9.17) is 14.3 Å². The summed E-state index contributed by atoms with van der Waals surface area (Å²) in [6, 6.07) is 6.88.